The molecule has 1 saturated carbocycles. The Hall–Kier alpha value is -0.0800. The van der Waals surface area contributed by atoms with E-state index in [1.165, 1.54) is 51.5 Å². The molecule has 108 valence electrons. The second kappa shape index (κ2) is 8.16. The second-order valence-corrected chi connectivity index (χ2v) is 6.87. The van der Waals surface area contributed by atoms with Crippen molar-refractivity contribution in [3.63, 3.8) is 0 Å². The fourth-order valence-electron chi connectivity index (χ4n) is 3.20. The molecule has 1 aliphatic carbocycles. The molecule has 1 aliphatic rings. The van der Waals surface area contributed by atoms with Crippen LogP contribution in [-0.4, -0.2) is 30.6 Å². The number of hydrogen-bond donors (Lipinski definition) is 1. The summed E-state index contributed by atoms with van der Waals surface area (Å²) in [6.07, 6.45) is 9.45. The van der Waals surface area contributed by atoms with Gasteiger partial charge in [-0.25, -0.2) is 0 Å². The monoisotopic (exact) mass is 254 g/mol. The Balaban J connectivity index is 2.16. The third kappa shape index (κ3) is 6.19. The lowest BCUT2D eigenvalue weighted by atomic mass is 9.86. The first kappa shape index (κ1) is 16.0. The SMILES string of the molecule is CC(N)CCCC(C)CN(C)C1CCC(C)CC1. The van der Waals surface area contributed by atoms with E-state index in [9.17, 15) is 0 Å². The average Bonchev–Trinajstić information content (AvgIpc) is 2.29. The third-order valence-corrected chi connectivity index (χ3v) is 4.56. The van der Waals surface area contributed by atoms with Crippen LogP contribution in [0.4, 0.5) is 0 Å². The molecule has 0 aliphatic heterocycles. The zero-order chi connectivity index (χ0) is 13.5. The summed E-state index contributed by atoms with van der Waals surface area (Å²) >= 11 is 0. The smallest absolute Gasteiger partial charge is 0.00925 e. The van der Waals surface area contributed by atoms with Crippen molar-refractivity contribution in [2.45, 2.75) is 77.8 Å². The van der Waals surface area contributed by atoms with Gasteiger partial charge in [0.25, 0.3) is 0 Å². The lowest BCUT2D eigenvalue weighted by Gasteiger charge is -2.35. The normalized spacial score (nSPS) is 28.3. The van der Waals surface area contributed by atoms with E-state index in [1.54, 1.807) is 0 Å². The molecule has 0 saturated heterocycles. The summed E-state index contributed by atoms with van der Waals surface area (Å²) in [7, 11) is 2.32. The molecule has 0 bridgehead atoms. The molecule has 0 aromatic rings. The number of rotatable bonds is 7. The van der Waals surface area contributed by atoms with Crippen LogP contribution in [-0.2, 0) is 0 Å². The number of nitrogens with zero attached hydrogens (tertiary/aromatic N) is 1. The van der Waals surface area contributed by atoms with Crippen molar-refractivity contribution in [1.82, 2.24) is 4.90 Å². The molecule has 2 unspecified atom stereocenters. The Morgan fingerprint density at radius 1 is 1.11 bits per heavy atom. The standard InChI is InChI=1S/C16H34N2/c1-13-8-10-16(11-9-13)18(4)12-14(2)6-5-7-15(3)17/h13-16H,5-12,17H2,1-4H3. The summed E-state index contributed by atoms with van der Waals surface area (Å²) in [5.41, 5.74) is 5.80. The summed E-state index contributed by atoms with van der Waals surface area (Å²) in [6, 6.07) is 1.21. The fraction of sp³-hybridized carbons (Fsp3) is 1.00. The molecule has 2 atom stereocenters. The van der Waals surface area contributed by atoms with Gasteiger partial charge < -0.3 is 10.6 Å². The zero-order valence-electron chi connectivity index (χ0n) is 13.0. The Morgan fingerprint density at radius 2 is 1.72 bits per heavy atom. The predicted molar refractivity (Wildman–Crippen MR) is 80.7 cm³/mol. The van der Waals surface area contributed by atoms with Gasteiger partial charge >= 0.3 is 0 Å². The Kier molecular flexibility index (Phi) is 7.25. The van der Waals surface area contributed by atoms with Gasteiger partial charge in [0.1, 0.15) is 0 Å². The highest BCUT2D eigenvalue weighted by atomic mass is 15.1. The maximum absolute atomic E-state index is 5.80. The summed E-state index contributed by atoms with van der Waals surface area (Å²) in [5.74, 6) is 1.77. The van der Waals surface area contributed by atoms with E-state index in [1.807, 2.05) is 0 Å². The topological polar surface area (TPSA) is 29.3 Å². The van der Waals surface area contributed by atoms with E-state index in [-0.39, 0.29) is 0 Å². The van der Waals surface area contributed by atoms with Crippen molar-refractivity contribution in [2.75, 3.05) is 13.6 Å². The van der Waals surface area contributed by atoms with Crippen LogP contribution in [0.3, 0.4) is 0 Å². The van der Waals surface area contributed by atoms with Crippen LogP contribution >= 0.6 is 0 Å². The van der Waals surface area contributed by atoms with Crippen LogP contribution in [0.2, 0.25) is 0 Å². The summed E-state index contributed by atoms with van der Waals surface area (Å²) in [4.78, 5) is 2.61. The van der Waals surface area contributed by atoms with E-state index in [0.717, 1.165) is 17.9 Å². The van der Waals surface area contributed by atoms with Crippen LogP contribution in [0, 0.1) is 11.8 Å². The van der Waals surface area contributed by atoms with E-state index >= 15 is 0 Å². The van der Waals surface area contributed by atoms with Gasteiger partial charge in [-0.2, -0.15) is 0 Å². The van der Waals surface area contributed by atoms with Gasteiger partial charge in [-0.05, 0) is 64.3 Å². The molecule has 0 aromatic heterocycles. The quantitative estimate of drug-likeness (QED) is 0.751. The lowest BCUT2D eigenvalue weighted by Crippen LogP contribution is -2.37. The molecule has 2 N–H and O–H groups in total. The predicted octanol–water partition coefficient (Wildman–Crippen LogP) is 3.65. The van der Waals surface area contributed by atoms with Gasteiger partial charge in [0.15, 0.2) is 0 Å². The number of nitrogens with two attached hydrogens (primary N) is 1. The molecular formula is C16H34N2. The van der Waals surface area contributed by atoms with Gasteiger partial charge in [0.2, 0.25) is 0 Å². The minimum atomic E-state index is 0.370. The Morgan fingerprint density at radius 3 is 2.28 bits per heavy atom. The molecule has 0 spiro atoms. The second-order valence-electron chi connectivity index (χ2n) is 6.87. The van der Waals surface area contributed by atoms with Crippen LogP contribution in [0.15, 0.2) is 0 Å². The molecule has 2 nitrogen and oxygen atoms in total. The van der Waals surface area contributed by atoms with Gasteiger partial charge in [0.05, 0.1) is 0 Å². The average molecular weight is 254 g/mol. The highest BCUT2D eigenvalue weighted by molar-refractivity contribution is 4.77. The van der Waals surface area contributed by atoms with Crippen molar-refractivity contribution in [3.05, 3.63) is 0 Å². The largest absolute Gasteiger partial charge is 0.328 e. The lowest BCUT2D eigenvalue weighted by molar-refractivity contribution is 0.149. The molecule has 18 heavy (non-hydrogen) atoms. The molecule has 2 heteroatoms. The summed E-state index contributed by atoms with van der Waals surface area (Å²) < 4.78 is 0. The summed E-state index contributed by atoms with van der Waals surface area (Å²) in [5, 5.41) is 0. The Bertz CT molecular complexity index is 207. The highest BCUT2D eigenvalue weighted by Gasteiger charge is 2.22. The van der Waals surface area contributed by atoms with Gasteiger partial charge in [-0.15, -0.1) is 0 Å². The number of hydrogen-bond acceptors (Lipinski definition) is 2. The van der Waals surface area contributed by atoms with Crippen molar-refractivity contribution in [3.8, 4) is 0 Å². The minimum absolute atomic E-state index is 0.370. The van der Waals surface area contributed by atoms with Crippen LogP contribution < -0.4 is 5.73 Å². The fourth-order valence-corrected chi connectivity index (χ4v) is 3.20. The van der Waals surface area contributed by atoms with E-state index < -0.39 is 0 Å². The van der Waals surface area contributed by atoms with Crippen LogP contribution in [0.5, 0.6) is 0 Å². The van der Waals surface area contributed by atoms with Crippen molar-refractivity contribution >= 4 is 0 Å². The first-order valence-electron chi connectivity index (χ1n) is 7.94. The van der Waals surface area contributed by atoms with Crippen LogP contribution in [0.25, 0.3) is 0 Å². The van der Waals surface area contributed by atoms with Gasteiger partial charge in [-0.3, -0.25) is 0 Å². The van der Waals surface area contributed by atoms with Crippen molar-refractivity contribution in [1.29, 1.82) is 0 Å². The van der Waals surface area contributed by atoms with Crippen molar-refractivity contribution in [2.24, 2.45) is 17.6 Å². The summed E-state index contributed by atoms with van der Waals surface area (Å²) in [6.45, 7) is 8.16. The van der Waals surface area contributed by atoms with E-state index in [4.69, 9.17) is 5.73 Å². The maximum Gasteiger partial charge on any atom is 0.00925 e. The molecular weight excluding hydrogens is 220 g/mol. The highest BCUT2D eigenvalue weighted by Crippen LogP contribution is 2.27. The molecule has 0 heterocycles. The first-order chi connectivity index (χ1) is 8.49. The van der Waals surface area contributed by atoms with Gasteiger partial charge in [0, 0.05) is 18.6 Å². The molecule has 0 aromatic carbocycles. The van der Waals surface area contributed by atoms with Gasteiger partial charge in [-0.1, -0.05) is 20.3 Å². The van der Waals surface area contributed by atoms with E-state index in [0.29, 0.717) is 6.04 Å². The van der Waals surface area contributed by atoms with Crippen molar-refractivity contribution < 1.29 is 0 Å². The molecule has 1 fully saturated rings. The van der Waals surface area contributed by atoms with E-state index in [2.05, 4.69) is 32.7 Å². The minimum Gasteiger partial charge on any atom is -0.328 e. The molecule has 1 rings (SSSR count). The molecule has 0 amide bonds. The molecule has 0 radical (unpaired) electrons. The zero-order valence-corrected chi connectivity index (χ0v) is 13.0. The first-order valence-corrected chi connectivity index (χ1v) is 7.94. The Labute approximate surface area is 114 Å². The maximum atomic E-state index is 5.80. The van der Waals surface area contributed by atoms with Crippen LogP contribution in [0.1, 0.15) is 65.7 Å². The third-order valence-electron chi connectivity index (χ3n) is 4.56.